The number of anilines is 1. The number of carbonyl (C=O) groups is 2. The van der Waals surface area contributed by atoms with Gasteiger partial charge in [-0.05, 0) is 43.7 Å². The third-order valence-electron chi connectivity index (χ3n) is 4.50. The van der Waals surface area contributed by atoms with Crippen molar-refractivity contribution in [2.75, 3.05) is 24.6 Å². The van der Waals surface area contributed by atoms with Gasteiger partial charge < -0.3 is 15.0 Å². The molecule has 2 amide bonds. The highest BCUT2D eigenvalue weighted by molar-refractivity contribution is 6.00. The summed E-state index contributed by atoms with van der Waals surface area (Å²) >= 11 is 0. The molecule has 136 valence electrons. The van der Waals surface area contributed by atoms with Crippen LogP contribution in [0.1, 0.15) is 17.5 Å². The number of carbonyl (C=O) groups excluding carboxylic acids is 2. The van der Waals surface area contributed by atoms with E-state index in [0.717, 1.165) is 22.6 Å². The van der Waals surface area contributed by atoms with Crippen LogP contribution in [0.2, 0.25) is 0 Å². The van der Waals surface area contributed by atoms with Gasteiger partial charge in [0, 0.05) is 18.7 Å². The molecule has 1 N–H and O–H groups in total. The second kappa shape index (κ2) is 8.04. The number of nitrogens with one attached hydrogen (secondary N) is 1. The minimum absolute atomic E-state index is 0.00925. The normalized spacial score (nSPS) is 16.6. The molecule has 1 heterocycles. The molecule has 1 aliphatic heterocycles. The molecule has 3 rings (SSSR count). The van der Waals surface area contributed by atoms with Crippen LogP contribution in [0.3, 0.4) is 0 Å². The first kappa shape index (κ1) is 18.0. The van der Waals surface area contributed by atoms with Gasteiger partial charge in [0.05, 0.1) is 12.5 Å². The fourth-order valence-electron chi connectivity index (χ4n) is 3.05. The third kappa shape index (κ3) is 4.42. The van der Waals surface area contributed by atoms with E-state index >= 15 is 0 Å². The molecule has 0 aromatic heterocycles. The van der Waals surface area contributed by atoms with E-state index in [0.29, 0.717) is 19.7 Å². The predicted octanol–water partition coefficient (Wildman–Crippen LogP) is 2.85. The smallest absolute Gasteiger partial charge is 0.227 e. The van der Waals surface area contributed by atoms with Crippen molar-refractivity contribution in [3.63, 3.8) is 0 Å². The van der Waals surface area contributed by atoms with Gasteiger partial charge in [-0.15, -0.1) is 0 Å². The van der Waals surface area contributed by atoms with Crippen molar-refractivity contribution >= 4 is 17.5 Å². The van der Waals surface area contributed by atoms with Gasteiger partial charge in [-0.1, -0.05) is 29.8 Å². The summed E-state index contributed by atoms with van der Waals surface area (Å²) in [5, 5.41) is 2.87. The maximum atomic E-state index is 12.3. The van der Waals surface area contributed by atoms with Gasteiger partial charge in [-0.25, -0.2) is 0 Å². The molecule has 0 saturated carbocycles. The van der Waals surface area contributed by atoms with Crippen molar-refractivity contribution in [1.82, 2.24) is 5.32 Å². The Morgan fingerprint density at radius 3 is 2.65 bits per heavy atom. The maximum Gasteiger partial charge on any atom is 0.227 e. The molecule has 2 aromatic rings. The van der Waals surface area contributed by atoms with Crippen molar-refractivity contribution in [1.29, 1.82) is 0 Å². The Kier molecular flexibility index (Phi) is 5.56. The molecule has 0 aliphatic carbocycles. The molecule has 5 nitrogen and oxygen atoms in total. The van der Waals surface area contributed by atoms with E-state index in [4.69, 9.17) is 4.74 Å². The summed E-state index contributed by atoms with van der Waals surface area (Å²) < 4.78 is 5.63. The second-order valence-electron chi connectivity index (χ2n) is 6.70. The van der Waals surface area contributed by atoms with Crippen molar-refractivity contribution in [3.8, 4) is 5.75 Å². The third-order valence-corrected chi connectivity index (χ3v) is 4.50. The number of ether oxygens (including phenoxy) is 1. The van der Waals surface area contributed by atoms with Crippen molar-refractivity contribution in [3.05, 3.63) is 59.7 Å². The lowest BCUT2D eigenvalue weighted by atomic mass is 10.1. The van der Waals surface area contributed by atoms with Crippen LogP contribution in [0.4, 0.5) is 5.69 Å². The molecular formula is C21H24N2O3. The summed E-state index contributed by atoms with van der Waals surface area (Å²) in [7, 11) is 0. The summed E-state index contributed by atoms with van der Waals surface area (Å²) in [6.07, 6.45) is 0.248. The fraction of sp³-hybridized carbons (Fsp3) is 0.333. The van der Waals surface area contributed by atoms with E-state index in [1.165, 1.54) is 0 Å². The van der Waals surface area contributed by atoms with E-state index in [9.17, 15) is 9.59 Å². The molecule has 0 radical (unpaired) electrons. The number of nitrogens with zero attached hydrogens (tertiary/aromatic N) is 1. The van der Waals surface area contributed by atoms with Gasteiger partial charge in [0.2, 0.25) is 11.8 Å². The van der Waals surface area contributed by atoms with Gasteiger partial charge in [0.1, 0.15) is 12.4 Å². The van der Waals surface area contributed by atoms with E-state index in [1.54, 1.807) is 4.90 Å². The van der Waals surface area contributed by atoms with E-state index in [1.807, 2.05) is 62.4 Å². The molecule has 1 fully saturated rings. The number of hydrogen-bond donors (Lipinski definition) is 1. The Hall–Kier alpha value is -2.82. The van der Waals surface area contributed by atoms with Crippen molar-refractivity contribution in [2.45, 2.75) is 20.3 Å². The Balaban J connectivity index is 1.46. The summed E-state index contributed by atoms with van der Waals surface area (Å²) in [5.41, 5.74) is 3.12. The van der Waals surface area contributed by atoms with Crippen LogP contribution >= 0.6 is 0 Å². The number of aryl methyl sites for hydroxylation is 2. The molecule has 26 heavy (non-hydrogen) atoms. The number of hydrogen-bond acceptors (Lipinski definition) is 3. The highest BCUT2D eigenvalue weighted by atomic mass is 16.5. The zero-order valence-corrected chi connectivity index (χ0v) is 15.2. The zero-order valence-electron chi connectivity index (χ0n) is 15.2. The highest BCUT2D eigenvalue weighted by Crippen LogP contribution is 2.25. The van der Waals surface area contributed by atoms with E-state index < -0.39 is 0 Å². The van der Waals surface area contributed by atoms with Crippen molar-refractivity contribution in [2.24, 2.45) is 5.92 Å². The lowest BCUT2D eigenvalue weighted by Gasteiger charge is -2.17. The molecule has 2 aromatic carbocycles. The lowest BCUT2D eigenvalue weighted by molar-refractivity contribution is -0.126. The van der Waals surface area contributed by atoms with Gasteiger partial charge in [-0.3, -0.25) is 9.59 Å². The number of benzene rings is 2. The van der Waals surface area contributed by atoms with Gasteiger partial charge in [0.25, 0.3) is 0 Å². The minimum Gasteiger partial charge on any atom is -0.492 e. The maximum absolute atomic E-state index is 12.3. The largest absolute Gasteiger partial charge is 0.492 e. The van der Waals surface area contributed by atoms with Gasteiger partial charge in [-0.2, -0.15) is 0 Å². The van der Waals surface area contributed by atoms with Gasteiger partial charge >= 0.3 is 0 Å². The second-order valence-corrected chi connectivity index (χ2v) is 6.70. The fourth-order valence-corrected chi connectivity index (χ4v) is 3.05. The quantitative estimate of drug-likeness (QED) is 0.814. The van der Waals surface area contributed by atoms with Crippen LogP contribution in [-0.2, 0) is 9.59 Å². The Morgan fingerprint density at radius 1 is 1.15 bits per heavy atom. The standard InChI is InChI=1S/C21H24N2O3/c1-15-6-8-18(9-7-15)23-14-17(13-20(23)24)21(25)22-10-11-26-19-5-3-4-16(2)12-19/h3-9,12,17H,10-11,13-14H2,1-2H3,(H,22,25). The molecule has 0 spiro atoms. The average Bonchev–Trinajstić information content (AvgIpc) is 3.01. The molecule has 5 heteroatoms. The van der Waals surface area contributed by atoms with Crippen molar-refractivity contribution < 1.29 is 14.3 Å². The topological polar surface area (TPSA) is 58.6 Å². The molecule has 1 saturated heterocycles. The van der Waals surface area contributed by atoms with E-state index in [-0.39, 0.29) is 24.2 Å². The average molecular weight is 352 g/mol. The first-order chi connectivity index (χ1) is 12.5. The highest BCUT2D eigenvalue weighted by Gasteiger charge is 2.34. The molecule has 1 aliphatic rings. The van der Waals surface area contributed by atoms with Gasteiger partial charge in [0.15, 0.2) is 0 Å². The molecular weight excluding hydrogens is 328 g/mol. The predicted molar refractivity (Wildman–Crippen MR) is 101 cm³/mol. The minimum atomic E-state index is -0.317. The Labute approximate surface area is 154 Å². The summed E-state index contributed by atoms with van der Waals surface area (Å²) in [6.45, 7) is 5.25. The van der Waals surface area contributed by atoms with Crippen LogP contribution < -0.4 is 15.0 Å². The first-order valence-electron chi connectivity index (χ1n) is 8.87. The molecule has 1 atom stereocenters. The van der Waals surface area contributed by atoms with Crippen LogP contribution in [-0.4, -0.2) is 31.5 Å². The first-order valence-corrected chi connectivity index (χ1v) is 8.87. The Morgan fingerprint density at radius 2 is 1.92 bits per heavy atom. The van der Waals surface area contributed by atoms with Crippen LogP contribution in [0, 0.1) is 19.8 Å². The summed E-state index contributed by atoms with van der Waals surface area (Å²) in [4.78, 5) is 26.3. The number of amides is 2. The molecule has 0 bridgehead atoms. The summed E-state index contributed by atoms with van der Waals surface area (Å²) in [6, 6.07) is 15.6. The van der Waals surface area contributed by atoms with Crippen LogP contribution in [0.25, 0.3) is 0 Å². The van der Waals surface area contributed by atoms with Crippen LogP contribution in [0.15, 0.2) is 48.5 Å². The zero-order chi connectivity index (χ0) is 18.5. The lowest BCUT2D eigenvalue weighted by Crippen LogP contribution is -2.35. The van der Waals surface area contributed by atoms with E-state index in [2.05, 4.69) is 5.32 Å². The Bertz CT molecular complexity index is 786. The summed E-state index contributed by atoms with van der Waals surface area (Å²) in [5.74, 6) is 0.370. The SMILES string of the molecule is Cc1ccc(N2CC(C(=O)NCCOc3cccc(C)c3)CC2=O)cc1. The van der Waals surface area contributed by atoms with Crippen LogP contribution in [0.5, 0.6) is 5.75 Å². The molecule has 1 unspecified atom stereocenters. The number of rotatable bonds is 6. The monoisotopic (exact) mass is 352 g/mol.